The van der Waals surface area contributed by atoms with Crippen LogP contribution in [-0.2, 0) is 11.2 Å². The third-order valence-corrected chi connectivity index (χ3v) is 4.10. The first-order valence-corrected chi connectivity index (χ1v) is 8.18. The van der Waals surface area contributed by atoms with Crippen LogP contribution in [-0.4, -0.2) is 35.4 Å². The Kier molecular flexibility index (Phi) is 8.09. The summed E-state index contributed by atoms with van der Waals surface area (Å²) in [6, 6.07) is 4.47. The first-order valence-electron chi connectivity index (χ1n) is 8.18. The summed E-state index contributed by atoms with van der Waals surface area (Å²) in [6.45, 7) is 4.08. The van der Waals surface area contributed by atoms with Crippen molar-refractivity contribution in [1.29, 1.82) is 0 Å². The van der Waals surface area contributed by atoms with Gasteiger partial charge in [-0.1, -0.05) is 25.3 Å². The van der Waals surface area contributed by atoms with Crippen molar-refractivity contribution in [3.63, 3.8) is 0 Å². The summed E-state index contributed by atoms with van der Waals surface area (Å²) in [4.78, 5) is 20.8. The fourth-order valence-electron chi connectivity index (χ4n) is 3.05. The lowest BCUT2D eigenvalue weighted by molar-refractivity contribution is -0.121. The molecule has 0 unspecified atom stereocenters. The average molecular weight is 337 g/mol. The zero-order valence-corrected chi connectivity index (χ0v) is 14.6. The zero-order chi connectivity index (χ0) is 18.1. The molecular formula is C18H27NO5. The SMILES string of the molecule is COc1cc(C)cc(C)c1CC(=O)NC1CCCCC1.O=C(O)O. The maximum absolute atomic E-state index is 12.2. The summed E-state index contributed by atoms with van der Waals surface area (Å²) >= 11 is 0. The van der Waals surface area contributed by atoms with Gasteiger partial charge in [0.25, 0.3) is 0 Å². The molecule has 1 fully saturated rings. The van der Waals surface area contributed by atoms with Gasteiger partial charge < -0.3 is 20.3 Å². The van der Waals surface area contributed by atoms with Crippen molar-refractivity contribution in [1.82, 2.24) is 5.32 Å². The molecule has 0 heterocycles. The molecule has 0 spiro atoms. The van der Waals surface area contributed by atoms with Crippen molar-refractivity contribution in [2.75, 3.05) is 7.11 Å². The number of benzene rings is 1. The summed E-state index contributed by atoms with van der Waals surface area (Å²) in [5.74, 6) is 0.934. The average Bonchev–Trinajstić information content (AvgIpc) is 2.50. The molecule has 1 amide bonds. The van der Waals surface area contributed by atoms with E-state index in [-0.39, 0.29) is 5.91 Å². The van der Waals surface area contributed by atoms with Crippen LogP contribution in [0.4, 0.5) is 4.79 Å². The molecule has 6 nitrogen and oxygen atoms in total. The summed E-state index contributed by atoms with van der Waals surface area (Å²) in [5.41, 5.74) is 3.29. The predicted octanol–water partition coefficient (Wildman–Crippen LogP) is 3.53. The first-order chi connectivity index (χ1) is 11.3. The number of aryl methyl sites for hydroxylation is 2. The molecule has 0 aliphatic heterocycles. The molecule has 24 heavy (non-hydrogen) atoms. The molecule has 0 aromatic heterocycles. The number of hydrogen-bond acceptors (Lipinski definition) is 3. The van der Waals surface area contributed by atoms with Crippen molar-refractivity contribution in [3.8, 4) is 5.75 Å². The Balaban J connectivity index is 0.000000648. The largest absolute Gasteiger partial charge is 0.503 e. The minimum absolute atomic E-state index is 0.113. The fraction of sp³-hybridized carbons (Fsp3) is 0.556. The van der Waals surface area contributed by atoms with E-state index >= 15 is 0 Å². The van der Waals surface area contributed by atoms with Gasteiger partial charge in [0.15, 0.2) is 0 Å². The molecule has 1 aromatic carbocycles. The van der Waals surface area contributed by atoms with E-state index in [1.807, 2.05) is 19.9 Å². The Hall–Kier alpha value is -2.24. The Morgan fingerprint density at radius 2 is 1.75 bits per heavy atom. The monoisotopic (exact) mass is 337 g/mol. The van der Waals surface area contributed by atoms with Gasteiger partial charge in [0, 0.05) is 11.6 Å². The van der Waals surface area contributed by atoms with Crippen molar-refractivity contribution in [2.24, 2.45) is 0 Å². The highest BCUT2D eigenvalue weighted by molar-refractivity contribution is 5.80. The van der Waals surface area contributed by atoms with Gasteiger partial charge in [-0.25, -0.2) is 4.79 Å². The second-order valence-corrected chi connectivity index (χ2v) is 6.12. The number of nitrogens with one attached hydrogen (secondary N) is 1. The maximum atomic E-state index is 12.2. The van der Waals surface area contributed by atoms with Crippen LogP contribution in [0.2, 0.25) is 0 Å². The maximum Gasteiger partial charge on any atom is 0.503 e. The van der Waals surface area contributed by atoms with Crippen molar-refractivity contribution < 1.29 is 24.5 Å². The number of ether oxygens (including phenoxy) is 1. The van der Waals surface area contributed by atoms with Crippen molar-refractivity contribution >= 4 is 12.1 Å². The van der Waals surface area contributed by atoms with Crippen LogP contribution in [0, 0.1) is 13.8 Å². The number of carboxylic acid groups (broad SMARTS) is 2. The highest BCUT2D eigenvalue weighted by atomic mass is 16.6. The normalized spacial score (nSPS) is 14.3. The molecule has 134 valence electrons. The molecule has 0 saturated heterocycles. The molecule has 0 radical (unpaired) electrons. The van der Waals surface area contributed by atoms with Gasteiger partial charge in [-0.3, -0.25) is 4.79 Å². The van der Waals surface area contributed by atoms with Gasteiger partial charge in [0.1, 0.15) is 5.75 Å². The first kappa shape index (κ1) is 19.8. The number of carbonyl (C=O) groups is 2. The lowest BCUT2D eigenvalue weighted by Gasteiger charge is -2.23. The number of amides is 1. The number of rotatable bonds is 4. The van der Waals surface area contributed by atoms with Gasteiger partial charge in [-0.05, 0) is 43.9 Å². The van der Waals surface area contributed by atoms with E-state index in [1.54, 1.807) is 7.11 Å². The van der Waals surface area contributed by atoms with Gasteiger partial charge >= 0.3 is 6.16 Å². The van der Waals surface area contributed by atoms with Gasteiger partial charge in [0.05, 0.1) is 13.5 Å². The molecule has 1 aliphatic carbocycles. The Labute approximate surface area is 142 Å². The molecule has 6 heteroatoms. The van der Waals surface area contributed by atoms with Crippen molar-refractivity contribution in [3.05, 3.63) is 28.8 Å². The summed E-state index contributed by atoms with van der Waals surface area (Å²) in [6.07, 6.45) is 4.59. The summed E-state index contributed by atoms with van der Waals surface area (Å²) in [5, 5.41) is 17.1. The van der Waals surface area contributed by atoms with Crippen molar-refractivity contribution in [2.45, 2.75) is 58.4 Å². The van der Waals surface area contributed by atoms with E-state index in [0.29, 0.717) is 12.5 Å². The topological polar surface area (TPSA) is 95.9 Å². The van der Waals surface area contributed by atoms with Crippen LogP contribution in [0.5, 0.6) is 5.75 Å². The van der Waals surface area contributed by atoms with E-state index in [0.717, 1.165) is 35.3 Å². The third-order valence-electron chi connectivity index (χ3n) is 4.10. The second kappa shape index (κ2) is 9.80. The Morgan fingerprint density at radius 3 is 2.29 bits per heavy atom. The van der Waals surface area contributed by atoms with E-state index in [9.17, 15) is 4.79 Å². The van der Waals surface area contributed by atoms with Gasteiger partial charge in [-0.2, -0.15) is 0 Å². The Morgan fingerprint density at radius 1 is 1.17 bits per heavy atom. The number of methoxy groups -OCH3 is 1. The number of carbonyl (C=O) groups excluding carboxylic acids is 1. The molecule has 1 aromatic rings. The van der Waals surface area contributed by atoms with Crippen LogP contribution in [0.3, 0.4) is 0 Å². The minimum atomic E-state index is -1.83. The fourth-order valence-corrected chi connectivity index (χ4v) is 3.05. The number of hydrogen-bond donors (Lipinski definition) is 3. The van der Waals surface area contributed by atoms with E-state index in [1.165, 1.54) is 19.3 Å². The third kappa shape index (κ3) is 6.89. The van der Waals surface area contributed by atoms with Crippen LogP contribution in [0.1, 0.15) is 48.8 Å². The van der Waals surface area contributed by atoms with Crippen LogP contribution in [0.15, 0.2) is 12.1 Å². The van der Waals surface area contributed by atoms with E-state index in [2.05, 4.69) is 11.4 Å². The molecule has 2 rings (SSSR count). The molecule has 3 N–H and O–H groups in total. The van der Waals surface area contributed by atoms with E-state index < -0.39 is 6.16 Å². The molecule has 1 saturated carbocycles. The smallest absolute Gasteiger partial charge is 0.496 e. The molecule has 0 atom stereocenters. The van der Waals surface area contributed by atoms with Gasteiger partial charge in [-0.15, -0.1) is 0 Å². The second-order valence-electron chi connectivity index (χ2n) is 6.12. The highest BCUT2D eigenvalue weighted by Crippen LogP contribution is 2.25. The Bertz CT molecular complexity index is 561. The van der Waals surface area contributed by atoms with Crippen LogP contribution < -0.4 is 10.1 Å². The predicted molar refractivity (Wildman–Crippen MR) is 91.8 cm³/mol. The van der Waals surface area contributed by atoms with Crippen LogP contribution in [0.25, 0.3) is 0 Å². The van der Waals surface area contributed by atoms with E-state index in [4.69, 9.17) is 19.7 Å². The summed E-state index contributed by atoms with van der Waals surface area (Å²) in [7, 11) is 1.66. The lowest BCUT2D eigenvalue weighted by Crippen LogP contribution is -2.37. The van der Waals surface area contributed by atoms with Gasteiger partial charge in [0.2, 0.25) is 5.91 Å². The molecule has 0 bridgehead atoms. The minimum Gasteiger partial charge on any atom is -0.496 e. The van der Waals surface area contributed by atoms with Crippen LogP contribution >= 0.6 is 0 Å². The standard InChI is InChI=1S/C17H25NO2.CH2O3/c1-12-9-13(2)15(16(10-12)20-3)11-17(19)18-14-7-5-4-6-8-14;2-1(3)4/h9-10,14H,4-8,11H2,1-3H3,(H,18,19);(H2,2,3,4). The quantitative estimate of drug-likeness (QED) is 0.781. The molecular weight excluding hydrogens is 310 g/mol. The lowest BCUT2D eigenvalue weighted by atomic mass is 9.95. The summed E-state index contributed by atoms with van der Waals surface area (Å²) < 4.78 is 5.42. The highest BCUT2D eigenvalue weighted by Gasteiger charge is 2.18. The molecule has 1 aliphatic rings. The zero-order valence-electron chi connectivity index (χ0n) is 14.6.